The number of anilines is 3. The average Bonchev–Trinajstić information content (AvgIpc) is 3.22. The summed E-state index contributed by atoms with van der Waals surface area (Å²) in [4.78, 5) is 11.6. The Kier molecular flexibility index (Phi) is 7.08. The maximum absolute atomic E-state index is 11.8. The third kappa shape index (κ3) is 5.84. The third-order valence-electron chi connectivity index (χ3n) is 5.31. The molecule has 9 nitrogen and oxygen atoms in total. The molecule has 1 aromatic carbocycles. The van der Waals surface area contributed by atoms with Gasteiger partial charge in [-0.05, 0) is 58.0 Å². The Hall–Kier alpha value is -2.73. The van der Waals surface area contributed by atoms with Crippen molar-refractivity contribution in [2.24, 2.45) is 5.14 Å². The van der Waals surface area contributed by atoms with Gasteiger partial charge in [-0.2, -0.15) is 0 Å². The molecule has 3 aromatic rings. The molecule has 2 unspecified atom stereocenters. The maximum Gasteiger partial charge on any atom is 0.238 e. The number of primary sulfonamides is 1. The average molecular weight is 503 g/mol. The van der Waals surface area contributed by atoms with E-state index < -0.39 is 10.0 Å². The van der Waals surface area contributed by atoms with Gasteiger partial charge in [0.15, 0.2) is 5.13 Å². The molecule has 4 N–H and O–H groups in total. The number of hydrogen-bond acceptors (Lipinski definition) is 9. The molecule has 3 heterocycles. The predicted octanol–water partition coefficient (Wildman–Crippen LogP) is 3.57. The predicted molar refractivity (Wildman–Crippen MR) is 136 cm³/mol. The lowest BCUT2D eigenvalue weighted by atomic mass is 10.1. The Morgan fingerprint density at radius 1 is 1.21 bits per heavy atom. The van der Waals surface area contributed by atoms with Crippen molar-refractivity contribution < 1.29 is 13.2 Å². The van der Waals surface area contributed by atoms with Gasteiger partial charge in [-0.25, -0.2) is 23.5 Å². The first kappa shape index (κ1) is 24.4. The zero-order valence-corrected chi connectivity index (χ0v) is 21.3. The molecule has 0 saturated carbocycles. The summed E-state index contributed by atoms with van der Waals surface area (Å²) in [6.45, 7) is 9.99. The lowest BCUT2D eigenvalue weighted by Crippen LogP contribution is -2.54. The van der Waals surface area contributed by atoms with E-state index in [4.69, 9.17) is 9.88 Å². The molecule has 0 radical (unpaired) electrons. The molecule has 1 fully saturated rings. The number of hydrogen-bond donors (Lipinski definition) is 3. The monoisotopic (exact) mass is 502 g/mol. The first-order chi connectivity index (χ1) is 16.1. The Bertz CT molecular complexity index is 1230. The summed E-state index contributed by atoms with van der Waals surface area (Å²) in [5.41, 5.74) is 2.17. The van der Waals surface area contributed by atoms with Gasteiger partial charge in [0, 0.05) is 42.3 Å². The largest absolute Gasteiger partial charge is 0.489 e. The molecule has 0 amide bonds. The van der Waals surface area contributed by atoms with Crippen molar-refractivity contribution in [1.29, 1.82) is 0 Å². The second-order valence-electron chi connectivity index (χ2n) is 8.81. The number of benzene rings is 1. The van der Waals surface area contributed by atoms with Crippen molar-refractivity contribution in [3.8, 4) is 17.0 Å². The van der Waals surface area contributed by atoms with E-state index >= 15 is 0 Å². The van der Waals surface area contributed by atoms with E-state index in [1.807, 2.05) is 37.6 Å². The molecule has 182 valence electrons. The van der Waals surface area contributed by atoms with Crippen LogP contribution in [0.4, 0.5) is 16.6 Å². The molecule has 4 rings (SSSR count). The molecule has 1 saturated heterocycles. The zero-order valence-electron chi connectivity index (χ0n) is 19.6. The van der Waals surface area contributed by atoms with Gasteiger partial charge in [0.1, 0.15) is 11.6 Å². The minimum Gasteiger partial charge on any atom is -0.489 e. The number of sulfonamides is 1. The van der Waals surface area contributed by atoms with E-state index in [9.17, 15) is 8.42 Å². The minimum absolute atomic E-state index is 0.000719. The number of pyridine rings is 1. The summed E-state index contributed by atoms with van der Waals surface area (Å²) in [6, 6.07) is 9.35. The second-order valence-corrected chi connectivity index (χ2v) is 11.2. The number of rotatable bonds is 7. The van der Waals surface area contributed by atoms with Gasteiger partial charge in [-0.1, -0.05) is 0 Å². The van der Waals surface area contributed by atoms with Gasteiger partial charge < -0.3 is 20.3 Å². The van der Waals surface area contributed by atoms with Crippen LogP contribution in [0, 0.1) is 0 Å². The van der Waals surface area contributed by atoms with Crippen molar-refractivity contribution >= 4 is 38.0 Å². The Morgan fingerprint density at radius 3 is 2.56 bits per heavy atom. The Balaban J connectivity index is 1.54. The quantitative estimate of drug-likeness (QED) is 0.448. The fraction of sp³-hybridized carbons (Fsp3) is 0.391. The molecular weight excluding hydrogens is 472 g/mol. The van der Waals surface area contributed by atoms with Crippen molar-refractivity contribution in [2.75, 3.05) is 23.3 Å². The van der Waals surface area contributed by atoms with Crippen LogP contribution >= 0.6 is 11.3 Å². The Morgan fingerprint density at radius 2 is 1.94 bits per heavy atom. The molecule has 0 spiro atoms. The summed E-state index contributed by atoms with van der Waals surface area (Å²) >= 11 is 1.41. The summed E-state index contributed by atoms with van der Waals surface area (Å²) in [7, 11) is -3.85. The molecule has 1 aliphatic heterocycles. The van der Waals surface area contributed by atoms with Crippen LogP contribution in [-0.4, -0.2) is 49.7 Å². The van der Waals surface area contributed by atoms with Gasteiger partial charge in [-0.3, -0.25) is 0 Å². The molecule has 0 aliphatic carbocycles. The standard InChI is InChI=1S/C23H30N6O3S2/c1-14(2)32-21-7-6-18(34(24,30)31)9-19(21)27-23-28-20(13-33-23)17-5-8-22(25-10-17)29-11-15(3)26-16(4)12-29/h5-10,13-16,26H,11-12H2,1-4H3,(H,27,28)(H2,24,30,31). The van der Waals surface area contributed by atoms with Crippen molar-refractivity contribution in [3.05, 3.63) is 41.9 Å². The molecular formula is C23H30N6O3S2. The van der Waals surface area contributed by atoms with Crippen LogP contribution < -0.4 is 25.4 Å². The topological polar surface area (TPSA) is 122 Å². The number of nitrogens with one attached hydrogen (secondary N) is 2. The lowest BCUT2D eigenvalue weighted by molar-refractivity contribution is 0.243. The number of aromatic nitrogens is 2. The fourth-order valence-electron chi connectivity index (χ4n) is 3.96. The molecule has 0 bridgehead atoms. The maximum atomic E-state index is 11.8. The van der Waals surface area contributed by atoms with Crippen LogP contribution in [0.2, 0.25) is 0 Å². The highest BCUT2D eigenvalue weighted by Crippen LogP contribution is 2.34. The summed E-state index contributed by atoms with van der Waals surface area (Å²) < 4.78 is 29.5. The van der Waals surface area contributed by atoms with Crippen LogP contribution in [0.25, 0.3) is 11.3 Å². The third-order valence-corrected chi connectivity index (χ3v) is 6.98. The lowest BCUT2D eigenvalue weighted by Gasteiger charge is -2.36. The van der Waals surface area contributed by atoms with Gasteiger partial charge in [0.25, 0.3) is 0 Å². The number of piperazine rings is 1. The minimum atomic E-state index is -3.85. The van der Waals surface area contributed by atoms with Gasteiger partial charge in [0.05, 0.1) is 22.4 Å². The first-order valence-corrected chi connectivity index (χ1v) is 13.5. The van der Waals surface area contributed by atoms with E-state index in [0.717, 1.165) is 30.2 Å². The smallest absolute Gasteiger partial charge is 0.238 e. The van der Waals surface area contributed by atoms with Gasteiger partial charge in [0.2, 0.25) is 10.0 Å². The van der Waals surface area contributed by atoms with E-state index in [0.29, 0.717) is 28.7 Å². The van der Waals surface area contributed by atoms with Crippen molar-refractivity contribution in [3.63, 3.8) is 0 Å². The van der Waals surface area contributed by atoms with Crippen molar-refractivity contribution in [2.45, 2.75) is 50.8 Å². The summed E-state index contributed by atoms with van der Waals surface area (Å²) in [5, 5.41) is 14.6. The van der Waals surface area contributed by atoms with Crippen LogP contribution in [0.1, 0.15) is 27.7 Å². The van der Waals surface area contributed by atoms with Gasteiger partial charge >= 0.3 is 0 Å². The van der Waals surface area contributed by atoms with Crippen molar-refractivity contribution in [1.82, 2.24) is 15.3 Å². The normalized spacial score (nSPS) is 18.8. The van der Waals surface area contributed by atoms with Crippen LogP contribution in [0.15, 0.2) is 46.8 Å². The molecule has 11 heteroatoms. The fourth-order valence-corrected chi connectivity index (χ4v) is 5.23. The highest BCUT2D eigenvalue weighted by atomic mass is 32.2. The SMILES string of the molecule is CC1CN(c2ccc(-c3csc(Nc4cc(S(N)(=O)=O)ccc4OC(C)C)n3)cn2)CC(C)N1. The number of nitrogens with two attached hydrogens (primary N) is 1. The molecule has 34 heavy (non-hydrogen) atoms. The first-order valence-electron chi connectivity index (χ1n) is 11.1. The van der Waals surface area contributed by atoms with Gasteiger partial charge in [-0.15, -0.1) is 11.3 Å². The van der Waals surface area contributed by atoms with E-state index in [1.165, 1.54) is 23.5 Å². The summed E-state index contributed by atoms with van der Waals surface area (Å²) in [5.74, 6) is 1.47. The number of nitrogens with zero attached hydrogens (tertiary/aromatic N) is 3. The highest BCUT2D eigenvalue weighted by Gasteiger charge is 2.22. The summed E-state index contributed by atoms with van der Waals surface area (Å²) in [6.07, 6.45) is 1.75. The highest BCUT2D eigenvalue weighted by molar-refractivity contribution is 7.89. The number of ether oxygens (including phenoxy) is 1. The van der Waals surface area contributed by atoms with E-state index in [-0.39, 0.29) is 11.0 Å². The molecule has 2 atom stereocenters. The zero-order chi connectivity index (χ0) is 24.5. The Labute approximate surface area is 204 Å². The van der Waals surface area contributed by atoms with Crippen LogP contribution in [0.5, 0.6) is 5.75 Å². The number of thiazole rings is 1. The second kappa shape index (κ2) is 9.87. The molecule has 2 aromatic heterocycles. The van der Waals surface area contributed by atoms with Crippen LogP contribution in [0.3, 0.4) is 0 Å². The van der Waals surface area contributed by atoms with E-state index in [2.05, 4.69) is 39.3 Å². The van der Waals surface area contributed by atoms with Crippen LogP contribution in [-0.2, 0) is 10.0 Å². The molecule has 1 aliphatic rings. The van der Waals surface area contributed by atoms with E-state index in [1.54, 1.807) is 6.07 Å².